The van der Waals surface area contributed by atoms with Gasteiger partial charge in [-0.25, -0.2) is 4.79 Å². The summed E-state index contributed by atoms with van der Waals surface area (Å²) in [7, 11) is 1.02. The normalized spacial score (nSPS) is 44.8. The minimum Gasteiger partial charge on any atom is -0.472 e. The highest BCUT2D eigenvalue weighted by molar-refractivity contribution is 5.80. The summed E-state index contributed by atoms with van der Waals surface area (Å²) >= 11 is 0. The van der Waals surface area contributed by atoms with Gasteiger partial charge in [-0.15, -0.1) is 0 Å². The summed E-state index contributed by atoms with van der Waals surface area (Å²) in [6.07, 6.45) is -8.97. The zero-order valence-corrected chi connectivity index (χ0v) is 35.3. The quantitative estimate of drug-likeness (QED) is 0.238. The van der Waals surface area contributed by atoms with Crippen LogP contribution in [0.4, 0.5) is 0 Å². The van der Waals surface area contributed by atoms with E-state index in [2.05, 4.69) is 0 Å². The highest BCUT2D eigenvalue weighted by Gasteiger charge is 3.04. The van der Waals surface area contributed by atoms with E-state index >= 15 is 0 Å². The summed E-state index contributed by atoms with van der Waals surface area (Å²) in [6.45, 7) is 12.5. The average molecular weight is 849 g/mol. The number of carbonyl (C=O) groups is 7. The van der Waals surface area contributed by atoms with Gasteiger partial charge in [0, 0.05) is 76.2 Å². The van der Waals surface area contributed by atoms with E-state index in [0.29, 0.717) is 0 Å². The van der Waals surface area contributed by atoms with Crippen LogP contribution in [-0.2, 0) is 76.2 Å². The molecule has 4 saturated carbocycles. The Kier molecular flexibility index (Phi) is 9.75. The van der Waals surface area contributed by atoms with Crippen LogP contribution in [0.5, 0.6) is 0 Å². The van der Waals surface area contributed by atoms with Crippen LogP contribution in [-0.4, -0.2) is 118 Å². The topological polar surface area (TPSA) is 256 Å². The molecule has 1 aromatic rings. The summed E-state index contributed by atoms with van der Waals surface area (Å²) < 4.78 is 61.5. The van der Waals surface area contributed by atoms with Gasteiger partial charge >= 0.3 is 41.8 Å². The molecule has 2 saturated heterocycles. The van der Waals surface area contributed by atoms with E-state index in [1.165, 1.54) is 32.4 Å². The zero-order chi connectivity index (χ0) is 44.6. The molecule has 1 spiro atoms. The molecule has 16 atom stereocenters. The molecule has 1 aromatic heterocycles. The maximum absolute atomic E-state index is 14.6. The average Bonchev–Trinajstić information content (AvgIpc) is 3.94. The number of hydrogen-bond acceptors (Lipinski definition) is 19. The second-order valence-electron chi connectivity index (χ2n) is 17.8. The second-order valence-corrected chi connectivity index (χ2v) is 17.8. The molecule has 19 heteroatoms. The third-order valence-corrected chi connectivity index (χ3v) is 14.8. The number of esters is 7. The van der Waals surface area contributed by atoms with Crippen molar-refractivity contribution in [2.75, 3.05) is 7.11 Å². The van der Waals surface area contributed by atoms with E-state index in [1.807, 2.05) is 0 Å². The minimum absolute atomic E-state index is 0.0246. The third-order valence-electron chi connectivity index (χ3n) is 14.8. The maximum atomic E-state index is 14.6. The lowest BCUT2D eigenvalue weighted by molar-refractivity contribution is -0.442. The molecule has 19 nitrogen and oxygen atoms in total. The molecule has 2 aliphatic heterocycles. The predicted molar refractivity (Wildman–Crippen MR) is 194 cm³/mol. The Labute approximate surface area is 344 Å². The summed E-state index contributed by atoms with van der Waals surface area (Å²) in [5.41, 5.74) is -16.4. The molecule has 0 amide bonds. The number of aliphatic hydroxyl groups is 2. The molecule has 0 unspecified atom stereocenters. The van der Waals surface area contributed by atoms with Gasteiger partial charge in [-0.3, -0.25) is 28.8 Å². The Morgan fingerprint density at radius 1 is 0.833 bits per heavy atom. The van der Waals surface area contributed by atoms with Crippen LogP contribution < -0.4 is 0 Å². The Morgan fingerprint density at radius 2 is 1.43 bits per heavy atom. The van der Waals surface area contributed by atoms with Crippen molar-refractivity contribution in [2.45, 2.75) is 153 Å². The monoisotopic (exact) mass is 848 g/mol. The minimum atomic E-state index is -2.93. The standard InChI is InChI=1S/C41H52O19/c1-12-37-15-25-35(9,28(54-19(3)43)24-13-14-52-16-24)29(55-20(4)44)30(56-21(5)45)41(50)36(10)27(26(31(48)51-11)53-18(2)42)34(8)17-38(36,49)40(58-23(7)47,32(34)57-22(6)46)33(59-37)39(25,41)60-37/h13-14,16,25-30,32-33,49-50H,12,15,17H2,1-11H3/t25-,26-,27+,28+,29+,30-,32+,33+,34+,35-,36-,37+,38-,39-,40+,41+/m1/s1. The third kappa shape index (κ3) is 4.94. The number of furan rings is 1. The van der Waals surface area contributed by atoms with Crippen LogP contribution in [0.1, 0.15) is 100 Å². The molecule has 3 heterocycles. The van der Waals surface area contributed by atoms with Crippen LogP contribution in [0.3, 0.4) is 0 Å². The molecule has 6 aliphatic rings. The number of ether oxygens (including phenoxy) is 9. The zero-order valence-electron chi connectivity index (χ0n) is 35.3. The fourth-order valence-corrected chi connectivity index (χ4v) is 13.4. The fraction of sp³-hybridized carbons (Fsp3) is 0.732. The highest BCUT2D eigenvalue weighted by Crippen LogP contribution is 2.87. The van der Waals surface area contributed by atoms with E-state index in [1.54, 1.807) is 13.8 Å². The molecule has 0 radical (unpaired) electrons. The maximum Gasteiger partial charge on any atom is 0.347 e. The molecule has 60 heavy (non-hydrogen) atoms. The van der Waals surface area contributed by atoms with Gasteiger partial charge in [-0.05, 0) is 18.9 Å². The lowest BCUT2D eigenvalue weighted by Crippen LogP contribution is -2.97. The molecule has 2 N–H and O–H groups in total. The van der Waals surface area contributed by atoms with Crippen molar-refractivity contribution in [3.63, 3.8) is 0 Å². The number of hydrogen-bond donors (Lipinski definition) is 2. The van der Waals surface area contributed by atoms with Gasteiger partial charge in [0.25, 0.3) is 0 Å². The predicted octanol–water partition coefficient (Wildman–Crippen LogP) is 1.91. The van der Waals surface area contributed by atoms with Crippen molar-refractivity contribution in [1.82, 2.24) is 0 Å². The lowest BCUT2D eigenvalue weighted by atomic mass is 9.32. The molecule has 330 valence electrons. The van der Waals surface area contributed by atoms with Gasteiger partial charge in [0.15, 0.2) is 24.1 Å². The van der Waals surface area contributed by atoms with E-state index < -0.39 is 141 Å². The van der Waals surface area contributed by atoms with Crippen LogP contribution in [0.25, 0.3) is 0 Å². The molecule has 6 fully saturated rings. The van der Waals surface area contributed by atoms with Crippen LogP contribution in [0.15, 0.2) is 23.0 Å². The molecule has 0 aromatic carbocycles. The number of carbonyl (C=O) groups excluding carboxylic acids is 7. The number of methoxy groups -OCH3 is 1. The van der Waals surface area contributed by atoms with E-state index in [4.69, 9.17) is 47.0 Å². The number of rotatable bonds is 11. The van der Waals surface area contributed by atoms with E-state index in [-0.39, 0.29) is 18.4 Å². The van der Waals surface area contributed by atoms with Gasteiger partial charge in [0.1, 0.15) is 29.0 Å². The summed E-state index contributed by atoms with van der Waals surface area (Å²) in [4.78, 5) is 94.1. The van der Waals surface area contributed by atoms with Crippen molar-refractivity contribution in [3.05, 3.63) is 24.2 Å². The van der Waals surface area contributed by atoms with Gasteiger partial charge in [-0.2, -0.15) is 0 Å². The van der Waals surface area contributed by atoms with E-state index in [0.717, 1.165) is 48.7 Å². The van der Waals surface area contributed by atoms with Crippen molar-refractivity contribution < 1.29 is 90.8 Å². The van der Waals surface area contributed by atoms with Gasteiger partial charge in [0.2, 0.25) is 11.7 Å². The summed E-state index contributed by atoms with van der Waals surface area (Å²) in [5, 5.41) is 28.6. The smallest absolute Gasteiger partial charge is 0.347 e. The molecule has 4 bridgehead atoms. The first-order chi connectivity index (χ1) is 27.8. The lowest BCUT2D eigenvalue weighted by Gasteiger charge is -2.77. The van der Waals surface area contributed by atoms with Gasteiger partial charge in [0.05, 0.1) is 25.1 Å². The number of fused-ring (bicyclic) bond motifs is 4. The Hall–Kier alpha value is -4.59. The Bertz CT molecular complexity index is 2030. The molecule has 4 aliphatic carbocycles. The highest BCUT2D eigenvalue weighted by atomic mass is 16.8. The first kappa shape index (κ1) is 43.5. The molecular weight excluding hydrogens is 796 g/mol. The molecule has 7 rings (SSSR count). The SMILES string of the molecule is CC[C@@]12C[C@@H]3[C@](C)([C@@H](OC(C)=O)c4ccoc4)[C@@H](OC(C)=O)[C@@H](OC(C)=O)[C@@]4(O)[C@]3(O1)[C@H](O2)[C@@]1(OC(C)=O)[C@@H](OC(C)=O)[C@@]2(C)C[C@@]1(O)[C@@]4(C)[C@H]2[C@@H](OC(C)=O)C(=O)OC. The van der Waals surface area contributed by atoms with Crippen molar-refractivity contribution in [2.24, 2.45) is 28.1 Å². The summed E-state index contributed by atoms with van der Waals surface area (Å²) in [6, 6.07) is 1.50. The Morgan fingerprint density at radius 3 is 1.93 bits per heavy atom. The van der Waals surface area contributed by atoms with Crippen LogP contribution >= 0.6 is 0 Å². The Balaban J connectivity index is 1.71. The van der Waals surface area contributed by atoms with Crippen molar-refractivity contribution >= 4 is 41.8 Å². The van der Waals surface area contributed by atoms with Crippen LogP contribution in [0, 0.1) is 28.1 Å². The van der Waals surface area contributed by atoms with Crippen molar-refractivity contribution in [1.29, 1.82) is 0 Å². The van der Waals surface area contributed by atoms with E-state index in [9.17, 15) is 43.8 Å². The second kappa shape index (κ2) is 13.5. The largest absolute Gasteiger partial charge is 0.472 e. The van der Waals surface area contributed by atoms with Crippen molar-refractivity contribution in [3.8, 4) is 0 Å². The first-order valence-corrected chi connectivity index (χ1v) is 19.8. The first-order valence-electron chi connectivity index (χ1n) is 19.8. The molecular formula is C41H52O19. The van der Waals surface area contributed by atoms with Crippen LogP contribution in [0.2, 0.25) is 0 Å². The van der Waals surface area contributed by atoms with Gasteiger partial charge in [-0.1, -0.05) is 27.7 Å². The van der Waals surface area contributed by atoms with Gasteiger partial charge < -0.3 is 57.3 Å². The summed E-state index contributed by atoms with van der Waals surface area (Å²) in [5.74, 6) is -11.5. The fourth-order valence-electron chi connectivity index (χ4n) is 13.4.